The fourth-order valence-corrected chi connectivity index (χ4v) is 5.56. The van der Waals surface area contributed by atoms with Crippen molar-refractivity contribution in [3.05, 3.63) is 44.6 Å². The smallest absolute Gasteiger partial charge is 0.259 e. The molecule has 3 aromatic heterocycles. The summed E-state index contributed by atoms with van der Waals surface area (Å²) in [5.41, 5.74) is 2.50. The normalized spacial score (nSPS) is 21.0. The third-order valence-electron chi connectivity index (χ3n) is 5.47. The second-order valence-electron chi connectivity index (χ2n) is 7.14. The van der Waals surface area contributed by atoms with Gasteiger partial charge in [-0.05, 0) is 50.3 Å². The minimum atomic E-state index is 0.0431. The number of nitrogens with one attached hydrogen (secondary N) is 2. The van der Waals surface area contributed by atoms with E-state index in [1.807, 2.05) is 6.20 Å². The third kappa shape index (κ3) is 2.71. The van der Waals surface area contributed by atoms with Crippen LogP contribution in [0.2, 0.25) is 0 Å². The van der Waals surface area contributed by atoms with Crippen LogP contribution in [0.4, 0.5) is 0 Å². The monoisotopic (exact) mass is 355 g/mol. The minimum Gasteiger partial charge on any atom is -0.309 e. The molecule has 2 N–H and O–H groups in total. The van der Waals surface area contributed by atoms with Crippen molar-refractivity contribution in [1.82, 2.24) is 25.1 Å². The van der Waals surface area contributed by atoms with Gasteiger partial charge in [-0.1, -0.05) is 0 Å². The van der Waals surface area contributed by atoms with Crippen LogP contribution in [0.25, 0.3) is 10.2 Å². The molecule has 0 amide bonds. The van der Waals surface area contributed by atoms with Crippen LogP contribution in [0.5, 0.6) is 0 Å². The highest BCUT2D eigenvalue weighted by Crippen LogP contribution is 2.34. The Kier molecular flexibility index (Phi) is 3.71. The number of fused-ring (bicyclic) bond motifs is 3. The van der Waals surface area contributed by atoms with Gasteiger partial charge in [0, 0.05) is 29.2 Å². The number of rotatable bonds is 3. The molecule has 2 aliphatic rings. The maximum absolute atomic E-state index is 12.6. The maximum Gasteiger partial charge on any atom is 0.259 e. The van der Waals surface area contributed by atoms with Crippen LogP contribution in [-0.2, 0) is 19.4 Å². The van der Waals surface area contributed by atoms with Crippen molar-refractivity contribution >= 4 is 21.6 Å². The van der Waals surface area contributed by atoms with E-state index in [-0.39, 0.29) is 5.56 Å². The summed E-state index contributed by atoms with van der Waals surface area (Å²) in [7, 11) is 0. The maximum atomic E-state index is 12.6. The average Bonchev–Trinajstić information content (AvgIpc) is 3.31. The highest BCUT2D eigenvalue weighted by atomic mass is 32.1. The Morgan fingerprint density at radius 1 is 1.32 bits per heavy atom. The SMILES string of the molecule is O=c1[nH]c(CN2CCCC(c3ccn[nH]3)C2)nc2sc3c(c12)CCC3. The van der Waals surface area contributed by atoms with Crippen molar-refractivity contribution in [2.75, 3.05) is 13.1 Å². The number of aryl methyl sites for hydroxylation is 2. The summed E-state index contributed by atoms with van der Waals surface area (Å²) < 4.78 is 0. The molecular weight excluding hydrogens is 334 g/mol. The van der Waals surface area contributed by atoms with Gasteiger partial charge in [-0.15, -0.1) is 11.3 Å². The van der Waals surface area contributed by atoms with Gasteiger partial charge in [0.15, 0.2) is 0 Å². The van der Waals surface area contributed by atoms with E-state index in [9.17, 15) is 4.79 Å². The van der Waals surface area contributed by atoms with Crippen molar-refractivity contribution in [2.24, 2.45) is 0 Å². The quantitative estimate of drug-likeness (QED) is 0.757. The molecule has 25 heavy (non-hydrogen) atoms. The standard InChI is InChI=1S/C18H21N5OS/c24-17-16-12-4-1-5-14(12)25-18(16)21-15(20-17)10-23-8-2-3-11(9-23)13-6-7-19-22-13/h6-7,11H,1-5,8-10H2,(H,19,22)(H,20,21,24). The summed E-state index contributed by atoms with van der Waals surface area (Å²) in [5.74, 6) is 1.28. The number of thiophene rings is 1. The number of likely N-dealkylation sites (tertiary alicyclic amines) is 1. The third-order valence-corrected chi connectivity index (χ3v) is 6.65. The van der Waals surface area contributed by atoms with Gasteiger partial charge < -0.3 is 4.98 Å². The molecule has 6 nitrogen and oxygen atoms in total. The van der Waals surface area contributed by atoms with Gasteiger partial charge in [0.2, 0.25) is 0 Å². The van der Waals surface area contributed by atoms with E-state index in [0.29, 0.717) is 12.5 Å². The molecule has 1 aliphatic heterocycles. The molecule has 130 valence electrons. The summed E-state index contributed by atoms with van der Waals surface area (Å²) in [5, 5.41) is 8.02. The molecule has 1 unspecified atom stereocenters. The van der Waals surface area contributed by atoms with Crippen molar-refractivity contribution < 1.29 is 0 Å². The van der Waals surface area contributed by atoms with Gasteiger partial charge in [-0.2, -0.15) is 5.10 Å². The van der Waals surface area contributed by atoms with Gasteiger partial charge in [-0.3, -0.25) is 14.8 Å². The molecule has 4 heterocycles. The molecule has 0 aromatic carbocycles. The first-order valence-electron chi connectivity index (χ1n) is 9.03. The topological polar surface area (TPSA) is 77.7 Å². The number of aromatic amines is 2. The fourth-order valence-electron chi connectivity index (χ4n) is 4.28. The van der Waals surface area contributed by atoms with Crippen LogP contribution in [0.3, 0.4) is 0 Å². The zero-order chi connectivity index (χ0) is 16.8. The summed E-state index contributed by atoms with van der Waals surface area (Å²) in [6, 6.07) is 2.06. The van der Waals surface area contributed by atoms with Crippen LogP contribution in [-0.4, -0.2) is 38.2 Å². The van der Waals surface area contributed by atoms with Crippen LogP contribution >= 0.6 is 11.3 Å². The van der Waals surface area contributed by atoms with Crippen molar-refractivity contribution in [3.8, 4) is 0 Å². The molecule has 0 radical (unpaired) electrons. The van der Waals surface area contributed by atoms with Gasteiger partial charge in [0.05, 0.1) is 11.9 Å². The molecule has 5 rings (SSSR count). The Morgan fingerprint density at radius 3 is 3.16 bits per heavy atom. The summed E-state index contributed by atoms with van der Waals surface area (Å²) in [6.07, 6.45) is 7.45. The summed E-state index contributed by atoms with van der Waals surface area (Å²) >= 11 is 1.71. The lowest BCUT2D eigenvalue weighted by molar-refractivity contribution is 0.194. The fraction of sp³-hybridized carbons (Fsp3) is 0.500. The van der Waals surface area contributed by atoms with E-state index >= 15 is 0 Å². The second-order valence-corrected chi connectivity index (χ2v) is 8.22. The minimum absolute atomic E-state index is 0.0431. The van der Waals surface area contributed by atoms with Crippen LogP contribution in [0.15, 0.2) is 17.1 Å². The first-order valence-corrected chi connectivity index (χ1v) is 9.84. The Hall–Kier alpha value is -1.99. The number of piperidine rings is 1. The molecule has 0 bridgehead atoms. The number of hydrogen-bond donors (Lipinski definition) is 2. The zero-order valence-electron chi connectivity index (χ0n) is 14.0. The van der Waals surface area contributed by atoms with Crippen LogP contribution < -0.4 is 5.56 Å². The van der Waals surface area contributed by atoms with E-state index in [1.54, 1.807) is 11.3 Å². The van der Waals surface area contributed by atoms with Gasteiger partial charge in [0.1, 0.15) is 10.7 Å². The highest BCUT2D eigenvalue weighted by Gasteiger charge is 2.24. The predicted octanol–water partition coefficient (Wildman–Crippen LogP) is 2.58. The average molecular weight is 355 g/mol. The molecule has 1 aliphatic carbocycles. The van der Waals surface area contributed by atoms with Crippen molar-refractivity contribution in [2.45, 2.75) is 44.6 Å². The van der Waals surface area contributed by atoms with Gasteiger partial charge in [-0.25, -0.2) is 4.98 Å². The molecule has 1 fully saturated rings. The van der Waals surface area contributed by atoms with Crippen LogP contribution in [0.1, 0.15) is 47.1 Å². The lowest BCUT2D eigenvalue weighted by Gasteiger charge is -2.31. The highest BCUT2D eigenvalue weighted by molar-refractivity contribution is 7.18. The first kappa shape index (κ1) is 15.3. The predicted molar refractivity (Wildman–Crippen MR) is 98.1 cm³/mol. The Balaban J connectivity index is 1.39. The first-order chi connectivity index (χ1) is 12.3. The van der Waals surface area contributed by atoms with E-state index in [2.05, 4.69) is 26.1 Å². The van der Waals surface area contributed by atoms with E-state index in [1.165, 1.54) is 29.0 Å². The summed E-state index contributed by atoms with van der Waals surface area (Å²) in [6.45, 7) is 2.73. The number of H-pyrrole nitrogens is 2. The van der Waals surface area contributed by atoms with Crippen LogP contribution in [0, 0.1) is 0 Å². The number of nitrogens with zero attached hydrogens (tertiary/aromatic N) is 3. The van der Waals surface area contributed by atoms with Crippen molar-refractivity contribution in [3.63, 3.8) is 0 Å². The largest absolute Gasteiger partial charge is 0.309 e. The van der Waals surface area contributed by atoms with Crippen molar-refractivity contribution in [1.29, 1.82) is 0 Å². The molecule has 0 spiro atoms. The molecule has 1 atom stereocenters. The molecule has 0 saturated carbocycles. The number of hydrogen-bond acceptors (Lipinski definition) is 5. The lowest BCUT2D eigenvalue weighted by Crippen LogP contribution is -2.35. The Bertz CT molecular complexity index is 958. The zero-order valence-corrected chi connectivity index (χ0v) is 14.9. The van der Waals surface area contributed by atoms with E-state index in [0.717, 1.165) is 48.4 Å². The van der Waals surface area contributed by atoms with E-state index < -0.39 is 0 Å². The second kappa shape index (κ2) is 6.07. The molecule has 3 aromatic rings. The molecule has 7 heteroatoms. The van der Waals surface area contributed by atoms with E-state index in [4.69, 9.17) is 4.98 Å². The Morgan fingerprint density at radius 2 is 2.28 bits per heavy atom. The molecular formula is C18H21N5OS. The molecule has 1 saturated heterocycles. The number of aromatic nitrogens is 4. The lowest BCUT2D eigenvalue weighted by atomic mass is 9.95. The van der Waals surface area contributed by atoms with Gasteiger partial charge in [0.25, 0.3) is 5.56 Å². The van der Waals surface area contributed by atoms with Gasteiger partial charge >= 0.3 is 0 Å². The Labute approximate surface area is 149 Å². The summed E-state index contributed by atoms with van der Waals surface area (Å²) in [4.78, 5) is 25.1.